The van der Waals surface area contributed by atoms with Crippen LogP contribution in [0.15, 0.2) is 54.6 Å². The Morgan fingerprint density at radius 3 is 2.58 bits per heavy atom. The summed E-state index contributed by atoms with van der Waals surface area (Å²) in [6.45, 7) is 2.28. The van der Waals surface area contributed by atoms with E-state index in [9.17, 15) is 9.59 Å². The fourth-order valence-electron chi connectivity index (χ4n) is 2.98. The van der Waals surface area contributed by atoms with Crippen LogP contribution in [0.1, 0.15) is 30.5 Å². The number of para-hydroxylation sites is 1. The molecule has 0 saturated carbocycles. The number of hydrogen-bond acceptors (Lipinski definition) is 5. The van der Waals surface area contributed by atoms with Gasteiger partial charge in [0.25, 0.3) is 0 Å². The van der Waals surface area contributed by atoms with Gasteiger partial charge in [0.15, 0.2) is 0 Å². The molecule has 26 heavy (non-hydrogen) atoms. The van der Waals surface area contributed by atoms with Gasteiger partial charge in [-0.05, 0) is 24.1 Å². The third kappa shape index (κ3) is 4.33. The number of anilines is 1. The number of hydrogen-bond donors (Lipinski definition) is 2. The first-order chi connectivity index (χ1) is 12.7. The second-order valence-corrected chi connectivity index (χ2v) is 6.03. The Kier molecular flexibility index (Phi) is 5.73. The molecule has 136 valence electrons. The molecule has 1 aliphatic rings. The number of nitrogens with one attached hydrogen (secondary N) is 2. The first-order valence-corrected chi connectivity index (χ1v) is 8.66. The maximum absolute atomic E-state index is 12.2. The molecule has 1 amide bonds. The zero-order valence-electron chi connectivity index (χ0n) is 14.6. The highest BCUT2D eigenvalue weighted by molar-refractivity contribution is 5.81. The number of benzene rings is 2. The van der Waals surface area contributed by atoms with Crippen molar-refractivity contribution >= 4 is 17.7 Å². The fourth-order valence-corrected chi connectivity index (χ4v) is 2.98. The lowest BCUT2D eigenvalue weighted by atomic mass is 9.93. The van der Waals surface area contributed by atoms with Crippen molar-refractivity contribution in [3.05, 3.63) is 65.7 Å². The fraction of sp³-hybridized carbons (Fsp3) is 0.300. The van der Waals surface area contributed by atoms with Crippen molar-refractivity contribution in [2.45, 2.75) is 32.0 Å². The summed E-state index contributed by atoms with van der Waals surface area (Å²) in [5.41, 5.74) is 2.65. The number of carbonyl (C=O) groups excluding carboxylic acids is 2. The van der Waals surface area contributed by atoms with Gasteiger partial charge in [0, 0.05) is 12.1 Å². The van der Waals surface area contributed by atoms with Crippen LogP contribution in [-0.2, 0) is 20.9 Å². The van der Waals surface area contributed by atoms with Crippen LogP contribution in [0.5, 0.6) is 0 Å². The van der Waals surface area contributed by atoms with Crippen LogP contribution in [0.25, 0.3) is 0 Å². The summed E-state index contributed by atoms with van der Waals surface area (Å²) >= 11 is 0. The Morgan fingerprint density at radius 1 is 1.08 bits per heavy atom. The van der Waals surface area contributed by atoms with Crippen LogP contribution in [0, 0.1) is 0 Å². The summed E-state index contributed by atoms with van der Waals surface area (Å²) in [6.07, 6.45) is -0.116. The lowest BCUT2D eigenvalue weighted by molar-refractivity contribution is -0.144. The van der Waals surface area contributed by atoms with Crippen LogP contribution in [0.2, 0.25) is 0 Å². The van der Waals surface area contributed by atoms with Gasteiger partial charge in [-0.15, -0.1) is 0 Å². The first kappa shape index (κ1) is 17.8. The van der Waals surface area contributed by atoms with Crippen molar-refractivity contribution in [3.63, 3.8) is 0 Å². The third-order valence-corrected chi connectivity index (χ3v) is 4.21. The molecule has 6 nitrogen and oxygen atoms in total. The van der Waals surface area contributed by atoms with Gasteiger partial charge in [-0.25, -0.2) is 9.59 Å². The minimum Gasteiger partial charge on any atom is -0.464 e. The molecule has 0 bridgehead atoms. The van der Waals surface area contributed by atoms with Crippen LogP contribution in [0.3, 0.4) is 0 Å². The monoisotopic (exact) mass is 354 g/mol. The van der Waals surface area contributed by atoms with Crippen molar-refractivity contribution in [1.82, 2.24) is 5.32 Å². The van der Waals surface area contributed by atoms with E-state index in [2.05, 4.69) is 10.6 Å². The summed E-state index contributed by atoms with van der Waals surface area (Å²) in [4.78, 5) is 24.3. The van der Waals surface area contributed by atoms with E-state index in [0.29, 0.717) is 13.0 Å². The van der Waals surface area contributed by atoms with Gasteiger partial charge in [0.1, 0.15) is 12.6 Å². The van der Waals surface area contributed by atoms with Crippen LogP contribution in [0.4, 0.5) is 10.5 Å². The van der Waals surface area contributed by atoms with Gasteiger partial charge in [-0.2, -0.15) is 0 Å². The molecule has 2 aromatic carbocycles. The Bertz CT molecular complexity index is 763. The zero-order valence-corrected chi connectivity index (χ0v) is 14.6. The summed E-state index contributed by atoms with van der Waals surface area (Å²) in [5, 5.41) is 6.04. The number of alkyl carbamates (subject to hydrolysis) is 1. The van der Waals surface area contributed by atoms with Crippen molar-refractivity contribution in [2.24, 2.45) is 0 Å². The van der Waals surface area contributed by atoms with E-state index in [1.807, 2.05) is 54.6 Å². The molecular weight excluding hydrogens is 332 g/mol. The predicted octanol–water partition coefficient (Wildman–Crippen LogP) is 3.40. The maximum Gasteiger partial charge on any atom is 0.407 e. The molecule has 0 aliphatic carbocycles. The molecule has 3 rings (SSSR count). The second kappa shape index (κ2) is 8.38. The average molecular weight is 354 g/mol. The van der Waals surface area contributed by atoms with E-state index >= 15 is 0 Å². The van der Waals surface area contributed by atoms with Crippen LogP contribution < -0.4 is 10.6 Å². The molecule has 2 aromatic rings. The van der Waals surface area contributed by atoms with E-state index in [0.717, 1.165) is 16.8 Å². The predicted molar refractivity (Wildman–Crippen MR) is 97.6 cm³/mol. The Morgan fingerprint density at radius 2 is 1.81 bits per heavy atom. The summed E-state index contributed by atoms with van der Waals surface area (Å²) in [6, 6.07) is 16.2. The quantitative estimate of drug-likeness (QED) is 0.805. The van der Waals surface area contributed by atoms with Crippen LogP contribution >= 0.6 is 0 Å². The topological polar surface area (TPSA) is 76.7 Å². The molecule has 1 aliphatic heterocycles. The Balaban J connectivity index is 1.66. The standard InChI is InChI=1S/C20H22N2O4/c1-2-25-19(23)18-12-17(15-10-6-7-11-16(15)21-18)22-20(24)26-13-14-8-4-3-5-9-14/h3-11,17-18,21H,2,12-13H2,1H3,(H,22,24)/t17-,18-/m0/s1. The van der Waals surface area contributed by atoms with Gasteiger partial charge in [0.05, 0.1) is 12.6 Å². The highest BCUT2D eigenvalue weighted by Gasteiger charge is 2.32. The third-order valence-electron chi connectivity index (χ3n) is 4.21. The van der Waals surface area contributed by atoms with Gasteiger partial charge in [0.2, 0.25) is 0 Å². The number of rotatable bonds is 5. The SMILES string of the molecule is CCOC(=O)[C@@H]1C[C@H](NC(=O)OCc2ccccc2)c2ccccc2N1. The largest absolute Gasteiger partial charge is 0.464 e. The summed E-state index contributed by atoms with van der Waals surface area (Å²) in [5.74, 6) is -0.327. The first-order valence-electron chi connectivity index (χ1n) is 8.66. The number of esters is 1. The van der Waals surface area contributed by atoms with Gasteiger partial charge in [-0.3, -0.25) is 0 Å². The molecule has 0 unspecified atom stereocenters. The minimum absolute atomic E-state index is 0.195. The highest BCUT2D eigenvalue weighted by Crippen LogP contribution is 2.32. The number of carbonyl (C=O) groups is 2. The number of ether oxygens (including phenoxy) is 2. The summed E-state index contributed by atoms with van der Waals surface area (Å²) < 4.78 is 10.4. The van der Waals surface area contributed by atoms with Crippen molar-refractivity contribution in [2.75, 3.05) is 11.9 Å². The molecule has 2 atom stereocenters. The molecule has 0 spiro atoms. The summed E-state index contributed by atoms with van der Waals surface area (Å²) in [7, 11) is 0. The van der Waals surface area contributed by atoms with E-state index in [1.165, 1.54) is 0 Å². The van der Waals surface area contributed by atoms with Gasteiger partial charge < -0.3 is 20.1 Å². The number of amides is 1. The smallest absolute Gasteiger partial charge is 0.407 e. The lowest BCUT2D eigenvalue weighted by Gasteiger charge is -2.32. The molecule has 0 saturated heterocycles. The van der Waals surface area contributed by atoms with Crippen molar-refractivity contribution < 1.29 is 19.1 Å². The van der Waals surface area contributed by atoms with Gasteiger partial charge in [-0.1, -0.05) is 48.5 Å². The maximum atomic E-state index is 12.2. The van der Waals surface area contributed by atoms with Gasteiger partial charge >= 0.3 is 12.1 Å². The van der Waals surface area contributed by atoms with E-state index < -0.39 is 12.1 Å². The molecule has 0 fully saturated rings. The molecule has 1 heterocycles. The van der Waals surface area contributed by atoms with E-state index in [1.54, 1.807) is 6.92 Å². The van der Waals surface area contributed by atoms with E-state index in [-0.39, 0.29) is 18.6 Å². The minimum atomic E-state index is -0.516. The average Bonchev–Trinajstić information content (AvgIpc) is 2.67. The van der Waals surface area contributed by atoms with Crippen molar-refractivity contribution in [1.29, 1.82) is 0 Å². The molecule has 2 N–H and O–H groups in total. The normalized spacial score (nSPS) is 18.2. The highest BCUT2D eigenvalue weighted by atomic mass is 16.5. The zero-order chi connectivity index (χ0) is 18.4. The van der Waals surface area contributed by atoms with E-state index in [4.69, 9.17) is 9.47 Å². The Hall–Kier alpha value is -3.02. The number of fused-ring (bicyclic) bond motifs is 1. The lowest BCUT2D eigenvalue weighted by Crippen LogP contribution is -2.41. The molecular formula is C20H22N2O4. The second-order valence-electron chi connectivity index (χ2n) is 6.03. The van der Waals surface area contributed by atoms with Crippen LogP contribution in [-0.4, -0.2) is 24.7 Å². The molecule has 0 radical (unpaired) electrons. The Labute approximate surface area is 152 Å². The molecule has 0 aromatic heterocycles. The van der Waals surface area contributed by atoms with Crippen molar-refractivity contribution in [3.8, 4) is 0 Å². The molecule has 6 heteroatoms.